The van der Waals surface area contributed by atoms with Gasteiger partial charge in [-0.15, -0.1) is 0 Å². The molecular formula is C9H12F8. The minimum absolute atomic E-state index is 0.0786. The lowest BCUT2D eigenvalue weighted by Gasteiger charge is -2.40. The summed E-state index contributed by atoms with van der Waals surface area (Å²) in [6.45, 7) is 0.375. The van der Waals surface area contributed by atoms with Gasteiger partial charge in [-0.25, -0.2) is 13.2 Å². The van der Waals surface area contributed by atoms with Gasteiger partial charge in [0.25, 0.3) is 5.67 Å². The minimum atomic E-state index is -6.00. The third-order valence-electron chi connectivity index (χ3n) is 2.68. The summed E-state index contributed by atoms with van der Waals surface area (Å²) in [6, 6.07) is 0. The van der Waals surface area contributed by atoms with E-state index in [9.17, 15) is 35.1 Å². The molecule has 0 aliphatic rings. The van der Waals surface area contributed by atoms with E-state index in [-0.39, 0.29) is 6.92 Å². The fourth-order valence-electron chi connectivity index (χ4n) is 1.22. The summed E-state index contributed by atoms with van der Waals surface area (Å²) in [5.41, 5.74) is -9.40. The van der Waals surface area contributed by atoms with Crippen LogP contribution in [0.1, 0.15) is 27.2 Å². The molecule has 17 heavy (non-hydrogen) atoms. The lowest BCUT2D eigenvalue weighted by Crippen LogP contribution is -2.64. The third-order valence-corrected chi connectivity index (χ3v) is 2.68. The molecule has 0 radical (unpaired) electrons. The maximum absolute atomic E-state index is 13.4. The van der Waals surface area contributed by atoms with Crippen molar-refractivity contribution in [2.75, 3.05) is 0 Å². The van der Waals surface area contributed by atoms with Gasteiger partial charge in [0.15, 0.2) is 0 Å². The predicted octanol–water partition coefficient (Wildman–Crippen LogP) is 4.39. The van der Waals surface area contributed by atoms with Gasteiger partial charge < -0.3 is 0 Å². The molecule has 0 spiro atoms. The van der Waals surface area contributed by atoms with Crippen molar-refractivity contribution in [2.24, 2.45) is 0 Å². The Kier molecular flexibility index (Phi) is 4.13. The topological polar surface area (TPSA) is 0 Å². The van der Waals surface area contributed by atoms with Crippen molar-refractivity contribution in [1.82, 2.24) is 0 Å². The number of alkyl halides is 8. The maximum Gasteiger partial charge on any atom is 0.428 e. The molecule has 8 heteroatoms. The molecule has 0 saturated carbocycles. The highest BCUT2D eigenvalue weighted by Gasteiger charge is 2.76. The quantitative estimate of drug-likeness (QED) is 0.666. The van der Waals surface area contributed by atoms with Gasteiger partial charge in [-0.1, -0.05) is 6.92 Å². The first-order valence-electron chi connectivity index (χ1n) is 4.70. The first-order valence-corrected chi connectivity index (χ1v) is 4.70. The van der Waals surface area contributed by atoms with Crippen LogP contribution in [0.15, 0.2) is 0 Å². The Labute approximate surface area is 93.0 Å². The Morgan fingerprint density at radius 2 is 1.24 bits per heavy atom. The normalized spacial score (nSPS) is 22.8. The lowest BCUT2D eigenvalue weighted by molar-refractivity contribution is -0.330. The molecule has 3 unspecified atom stereocenters. The average Bonchev–Trinajstić information content (AvgIpc) is 2.13. The van der Waals surface area contributed by atoms with Crippen LogP contribution < -0.4 is 0 Å². The second-order valence-corrected chi connectivity index (χ2v) is 4.03. The summed E-state index contributed by atoms with van der Waals surface area (Å²) in [6.07, 6.45) is -9.71. The zero-order chi connectivity index (χ0) is 14.3. The second-order valence-electron chi connectivity index (χ2n) is 4.03. The summed E-state index contributed by atoms with van der Waals surface area (Å²) in [7, 11) is 0. The first kappa shape index (κ1) is 16.4. The van der Waals surface area contributed by atoms with Crippen LogP contribution in [0.4, 0.5) is 35.1 Å². The van der Waals surface area contributed by atoms with E-state index in [0.29, 0.717) is 0 Å². The molecule has 0 amide bonds. The van der Waals surface area contributed by atoms with Crippen molar-refractivity contribution in [2.45, 2.75) is 56.8 Å². The van der Waals surface area contributed by atoms with Gasteiger partial charge in [-0.2, -0.15) is 22.0 Å². The van der Waals surface area contributed by atoms with Crippen LogP contribution in [0, 0.1) is 0 Å². The van der Waals surface area contributed by atoms with Crippen LogP contribution >= 0.6 is 0 Å². The molecule has 0 aliphatic heterocycles. The molecule has 0 bridgehead atoms. The molecule has 0 aliphatic carbocycles. The van der Waals surface area contributed by atoms with Crippen LogP contribution in [-0.2, 0) is 0 Å². The van der Waals surface area contributed by atoms with Crippen molar-refractivity contribution in [3.8, 4) is 0 Å². The van der Waals surface area contributed by atoms with Gasteiger partial charge >= 0.3 is 12.1 Å². The summed E-state index contributed by atoms with van der Waals surface area (Å²) < 4.78 is 102. The summed E-state index contributed by atoms with van der Waals surface area (Å²) in [5, 5.41) is 0. The lowest BCUT2D eigenvalue weighted by atomic mass is 9.82. The fraction of sp³-hybridized carbons (Fsp3) is 1.00. The predicted molar refractivity (Wildman–Crippen MR) is 45.2 cm³/mol. The Bertz CT molecular complexity index is 265. The third kappa shape index (κ3) is 2.35. The van der Waals surface area contributed by atoms with Crippen molar-refractivity contribution in [3.63, 3.8) is 0 Å². The van der Waals surface area contributed by atoms with Crippen molar-refractivity contribution < 1.29 is 35.1 Å². The number of hydrogen-bond donors (Lipinski definition) is 0. The highest BCUT2D eigenvalue weighted by molar-refractivity contribution is 5.08. The second kappa shape index (κ2) is 4.28. The van der Waals surface area contributed by atoms with E-state index in [4.69, 9.17) is 0 Å². The molecule has 0 saturated heterocycles. The van der Waals surface area contributed by atoms with Crippen LogP contribution in [0.2, 0.25) is 0 Å². The van der Waals surface area contributed by atoms with E-state index in [1.807, 2.05) is 0 Å². The molecule has 0 fully saturated rings. The van der Waals surface area contributed by atoms with Crippen molar-refractivity contribution in [1.29, 1.82) is 0 Å². The number of hydrogen-bond acceptors (Lipinski definition) is 0. The molecule has 104 valence electrons. The molecule has 3 atom stereocenters. The Hall–Kier alpha value is -0.560. The zero-order valence-electron chi connectivity index (χ0n) is 9.31. The van der Waals surface area contributed by atoms with Gasteiger partial charge in [-0.3, -0.25) is 0 Å². The molecule has 0 heterocycles. The Balaban J connectivity index is 5.55. The van der Waals surface area contributed by atoms with Crippen LogP contribution in [0.5, 0.6) is 0 Å². The van der Waals surface area contributed by atoms with Crippen molar-refractivity contribution in [3.05, 3.63) is 0 Å². The largest absolute Gasteiger partial charge is 0.428 e. The average molecular weight is 272 g/mol. The van der Waals surface area contributed by atoms with Gasteiger partial charge in [-0.05, 0) is 20.3 Å². The molecule has 0 rings (SSSR count). The number of rotatable bonds is 4. The molecule has 0 aromatic rings. The van der Waals surface area contributed by atoms with Crippen LogP contribution in [0.3, 0.4) is 0 Å². The monoisotopic (exact) mass is 272 g/mol. The van der Waals surface area contributed by atoms with Gasteiger partial charge in [0.05, 0.1) is 0 Å². The number of halogens is 8. The summed E-state index contributed by atoms with van der Waals surface area (Å²) in [5.74, 6) is -5.53. The van der Waals surface area contributed by atoms with E-state index in [0.717, 1.165) is 6.92 Å². The van der Waals surface area contributed by atoms with E-state index in [2.05, 4.69) is 0 Å². The Morgan fingerprint density at radius 3 is 1.47 bits per heavy atom. The van der Waals surface area contributed by atoms with Crippen LogP contribution in [0.25, 0.3) is 0 Å². The summed E-state index contributed by atoms with van der Waals surface area (Å²) >= 11 is 0. The highest BCUT2D eigenvalue weighted by Crippen LogP contribution is 2.52. The van der Waals surface area contributed by atoms with E-state index in [1.165, 1.54) is 0 Å². The van der Waals surface area contributed by atoms with Gasteiger partial charge in [0, 0.05) is 0 Å². The summed E-state index contributed by atoms with van der Waals surface area (Å²) in [4.78, 5) is 0. The van der Waals surface area contributed by atoms with Gasteiger partial charge in [0.2, 0.25) is 5.67 Å². The molecule has 0 nitrogen and oxygen atoms in total. The zero-order valence-corrected chi connectivity index (χ0v) is 9.31. The highest BCUT2D eigenvalue weighted by atomic mass is 19.4. The van der Waals surface area contributed by atoms with E-state index >= 15 is 0 Å². The van der Waals surface area contributed by atoms with E-state index in [1.54, 1.807) is 0 Å². The fourth-order valence-corrected chi connectivity index (χ4v) is 1.22. The molecule has 0 aromatic heterocycles. The standard InChI is InChI=1S/C9H12F8/c1-4-5(10)6(2,11)8(13,14)7(3,12)9(15,16)17/h5H,4H2,1-3H3. The molecular weight excluding hydrogens is 260 g/mol. The molecule has 0 N–H and O–H groups in total. The SMILES string of the molecule is CCC(F)C(C)(F)C(F)(F)C(C)(F)C(F)(F)F. The first-order chi connectivity index (χ1) is 7.23. The Morgan fingerprint density at radius 1 is 0.882 bits per heavy atom. The maximum atomic E-state index is 13.4. The van der Waals surface area contributed by atoms with Gasteiger partial charge in [0.1, 0.15) is 6.17 Å². The van der Waals surface area contributed by atoms with Crippen molar-refractivity contribution >= 4 is 0 Å². The van der Waals surface area contributed by atoms with E-state index < -0.39 is 43.0 Å². The molecule has 0 aromatic carbocycles. The van der Waals surface area contributed by atoms with Crippen LogP contribution in [-0.4, -0.2) is 29.6 Å². The minimum Gasteiger partial charge on any atom is -0.244 e. The smallest absolute Gasteiger partial charge is 0.244 e.